The van der Waals surface area contributed by atoms with Crippen LogP contribution in [0.1, 0.15) is 0 Å². The molecule has 0 aliphatic carbocycles. The number of quaternary nitrogens is 1. The van der Waals surface area contributed by atoms with Gasteiger partial charge in [-0.1, -0.05) is 11.8 Å². The van der Waals surface area contributed by atoms with E-state index in [-0.39, 0.29) is 44.1 Å². The van der Waals surface area contributed by atoms with Crippen LogP contribution in [0.5, 0.6) is 0 Å². The number of hydrogen-bond donors (Lipinski definition) is 2. The van der Waals surface area contributed by atoms with Gasteiger partial charge in [-0.05, 0) is 0 Å². The SMILES string of the molecule is O=C(CNC(=O)[C@@H]1CSC[NH2+]1)O[C@H]1CO[C@H]2[C@@H]1OC[C@H]2O[N+](=O)[O-].[Cl-]. The Kier molecular flexibility index (Phi) is 7.07. The number of nitrogens with two attached hydrogens (primary N) is 1. The van der Waals surface area contributed by atoms with Crippen LogP contribution in [0, 0.1) is 10.1 Å². The number of carbonyl (C=O) groups excluding carboxylic acids is 2. The lowest BCUT2D eigenvalue weighted by Gasteiger charge is -2.17. The lowest BCUT2D eigenvalue weighted by Crippen LogP contribution is -3.00. The second-order valence-corrected chi connectivity index (χ2v) is 6.66. The average molecular weight is 400 g/mol. The van der Waals surface area contributed by atoms with Crippen LogP contribution < -0.4 is 23.0 Å². The molecule has 3 fully saturated rings. The molecule has 1 amide bonds. The summed E-state index contributed by atoms with van der Waals surface area (Å²) in [5, 5.41) is 14.0. The summed E-state index contributed by atoms with van der Waals surface area (Å²) in [7, 11) is 0. The molecule has 13 heteroatoms. The summed E-state index contributed by atoms with van der Waals surface area (Å²) in [5.41, 5.74) is 0. The molecule has 0 radical (unpaired) electrons. The third kappa shape index (κ3) is 4.85. The molecule has 3 aliphatic heterocycles. The molecule has 0 spiro atoms. The van der Waals surface area contributed by atoms with Gasteiger partial charge in [0.1, 0.15) is 24.6 Å². The number of thioether (sulfide) groups is 1. The largest absolute Gasteiger partial charge is 1.00 e. The molecule has 3 N–H and O–H groups in total. The Hall–Kier alpha value is -1.34. The minimum atomic E-state index is -0.896. The van der Waals surface area contributed by atoms with Gasteiger partial charge < -0.3 is 42.1 Å². The quantitative estimate of drug-likeness (QED) is 0.253. The van der Waals surface area contributed by atoms with E-state index in [0.717, 1.165) is 5.88 Å². The molecule has 0 aromatic carbocycles. The molecule has 3 saturated heterocycles. The van der Waals surface area contributed by atoms with Crippen LogP contribution in [0.25, 0.3) is 0 Å². The number of hydrogen-bond acceptors (Lipinski definition) is 9. The van der Waals surface area contributed by atoms with Gasteiger partial charge in [0, 0.05) is 0 Å². The van der Waals surface area contributed by atoms with Crippen LogP contribution in [0.15, 0.2) is 0 Å². The van der Waals surface area contributed by atoms with Crippen LogP contribution in [-0.4, -0.2) is 78.8 Å². The van der Waals surface area contributed by atoms with E-state index in [1.54, 1.807) is 11.8 Å². The van der Waals surface area contributed by atoms with Crippen molar-refractivity contribution >= 4 is 23.6 Å². The Morgan fingerprint density at radius 3 is 2.60 bits per heavy atom. The second kappa shape index (κ2) is 8.85. The Labute approximate surface area is 152 Å². The first-order chi connectivity index (χ1) is 11.5. The fourth-order valence-corrected chi connectivity index (χ4v) is 3.91. The van der Waals surface area contributed by atoms with Crippen LogP contribution in [0.3, 0.4) is 0 Å². The highest BCUT2D eigenvalue weighted by atomic mass is 35.5. The molecule has 0 unspecified atom stereocenters. The van der Waals surface area contributed by atoms with Gasteiger partial charge in [0.25, 0.3) is 11.0 Å². The van der Waals surface area contributed by atoms with Crippen LogP contribution in [0.4, 0.5) is 0 Å². The van der Waals surface area contributed by atoms with Gasteiger partial charge >= 0.3 is 5.97 Å². The van der Waals surface area contributed by atoms with Gasteiger partial charge in [-0.2, -0.15) is 0 Å². The topological polar surface area (TPSA) is 143 Å². The summed E-state index contributed by atoms with van der Waals surface area (Å²) in [4.78, 5) is 38.6. The van der Waals surface area contributed by atoms with Gasteiger partial charge in [-0.25, -0.2) is 0 Å². The predicted octanol–water partition coefficient (Wildman–Crippen LogP) is -5.97. The summed E-state index contributed by atoms with van der Waals surface area (Å²) in [6, 6.07) is -0.180. The number of ether oxygens (including phenoxy) is 3. The van der Waals surface area contributed by atoms with Crippen LogP contribution in [-0.2, 0) is 28.6 Å². The zero-order valence-electron chi connectivity index (χ0n) is 13.0. The van der Waals surface area contributed by atoms with Gasteiger partial charge in [0.2, 0.25) is 0 Å². The highest BCUT2D eigenvalue weighted by Crippen LogP contribution is 2.30. The number of halogens is 1. The highest BCUT2D eigenvalue weighted by Gasteiger charge is 2.51. The summed E-state index contributed by atoms with van der Waals surface area (Å²) < 4.78 is 16.0. The third-order valence-corrected chi connectivity index (χ3v) is 5.03. The number of carbonyl (C=O) groups is 2. The van der Waals surface area contributed by atoms with Crippen molar-refractivity contribution in [2.45, 2.75) is 30.5 Å². The number of amides is 1. The van der Waals surface area contributed by atoms with Crippen molar-refractivity contribution in [1.82, 2.24) is 5.32 Å². The standard InChI is InChI=1S/C12H17N3O8S.ClH/c16-9(1-13-12(17)6-4-24-5-14-6)22-7-2-20-11-8(23-15(18)19)3-21-10(7)11;/h6-8,10-11,14H,1-5H2,(H,13,17);1H/t6-,7-,8+,10+,11+;/m0./s1. The molecule has 25 heavy (non-hydrogen) atoms. The minimum Gasteiger partial charge on any atom is -1.00 e. The maximum Gasteiger partial charge on any atom is 0.325 e. The molecule has 0 aromatic rings. The Morgan fingerprint density at radius 2 is 1.96 bits per heavy atom. The zero-order chi connectivity index (χ0) is 17.1. The average Bonchev–Trinajstić information content (AvgIpc) is 3.25. The number of esters is 1. The molecule has 11 nitrogen and oxygen atoms in total. The van der Waals surface area contributed by atoms with Gasteiger partial charge in [-0.15, -0.1) is 10.1 Å². The normalized spacial score (nSPS) is 33.2. The van der Waals surface area contributed by atoms with E-state index in [1.807, 2.05) is 5.32 Å². The number of nitrogens with zero attached hydrogens (tertiary/aromatic N) is 1. The van der Waals surface area contributed by atoms with E-state index < -0.39 is 35.5 Å². The van der Waals surface area contributed by atoms with Crippen LogP contribution in [0.2, 0.25) is 0 Å². The van der Waals surface area contributed by atoms with Crippen molar-refractivity contribution in [2.24, 2.45) is 0 Å². The molecule has 5 atom stereocenters. The van der Waals surface area contributed by atoms with Gasteiger partial charge in [0.05, 0.1) is 19.0 Å². The Morgan fingerprint density at radius 1 is 1.28 bits per heavy atom. The van der Waals surface area contributed by atoms with Crippen LogP contribution >= 0.6 is 11.8 Å². The maximum absolute atomic E-state index is 11.9. The second-order valence-electron chi connectivity index (χ2n) is 5.59. The Bertz CT molecular complexity index is 521. The first kappa shape index (κ1) is 20.0. The number of rotatable bonds is 6. The molecule has 3 rings (SSSR count). The zero-order valence-corrected chi connectivity index (χ0v) is 14.6. The van der Waals surface area contributed by atoms with Crippen molar-refractivity contribution < 1.29 is 51.4 Å². The lowest BCUT2D eigenvalue weighted by atomic mass is 10.1. The minimum absolute atomic E-state index is 0. The summed E-state index contributed by atoms with van der Waals surface area (Å²) >= 11 is 1.66. The summed E-state index contributed by atoms with van der Waals surface area (Å²) in [6.45, 7) is -0.174. The monoisotopic (exact) mass is 399 g/mol. The van der Waals surface area contributed by atoms with E-state index in [0.29, 0.717) is 5.75 Å². The fraction of sp³-hybridized carbons (Fsp3) is 0.833. The smallest absolute Gasteiger partial charge is 0.325 e. The Balaban J connectivity index is 0.00000225. The highest BCUT2D eigenvalue weighted by molar-refractivity contribution is 7.99. The first-order valence-electron chi connectivity index (χ1n) is 7.47. The third-order valence-electron chi connectivity index (χ3n) is 4.01. The number of nitrogens with one attached hydrogen (secondary N) is 1. The lowest BCUT2D eigenvalue weighted by molar-refractivity contribution is -0.769. The molecule has 0 aromatic heterocycles. The molecular formula is C12H18ClN3O8S. The molecule has 3 heterocycles. The molecule has 0 bridgehead atoms. The van der Waals surface area contributed by atoms with Crippen molar-refractivity contribution in [1.29, 1.82) is 0 Å². The van der Waals surface area contributed by atoms with Crippen molar-refractivity contribution in [3.8, 4) is 0 Å². The number of fused-ring (bicyclic) bond motifs is 1. The molecule has 142 valence electrons. The van der Waals surface area contributed by atoms with Gasteiger partial charge in [0.15, 0.2) is 18.2 Å². The fourth-order valence-electron chi connectivity index (χ4n) is 2.86. The van der Waals surface area contributed by atoms with Crippen molar-refractivity contribution in [3.63, 3.8) is 0 Å². The maximum atomic E-state index is 11.9. The van der Waals surface area contributed by atoms with Crippen molar-refractivity contribution in [2.75, 3.05) is 31.4 Å². The van der Waals surface area contributed by atoms with Crippen molar-refractivity contribution in [3.05, 3.63) is 10.1 Å². The van der Waals surface area contributed by atoms with E-state index in [2.05, 4.69) is 10.2 Å². The molecule has 3 aliphatic rings. The van der Waals surface area contributed by atoms with E-state index >= 15 is 0 Å². The van der Waals surface area contributed by atoms with E-state index in [4.69, 9.17) is 14.2 Å². The summed E-state index contributed by atoms with van der Waals surface area (Å²) in [6.07, 6.45) is -2.75. The van der Waals surface area contributed by atoms with E-state index in [9.17, 15) is 19.7 Å². The predicted molar refractivity (Wildman–Crippen MR) is 77.3 cm³/mol. The molecular weight excluding hydrogens is 382 g/mol. The molecule has 0 saturated carbocycles. The first-order valence-corrected chi connectivity index (χ1v) is 8.62. The van der Waals surface area contributed by atoms with E-state index in [1.165, 1.54) is 0 Å². The van der Waals surface area contributed by atoms with Gasteiger partial charge in [-0.3, -0.25) is 9.59 Å². The summed E-state index contributed by atoms with van der Waals surface area (Å²) in [5.74, 6) is 0.738.